The molecule has 22 heavy (non-hydrogen) atoms. The normalized spacial score (nSPS) is 10.7. The fourth-order valence-corrected chi connectivity index (χ4v) is 1.92. The van der Waals surface area contributed by atoms with Crippen LogP contribution in [0.2, 0.25) is 0 Å². The average molecular weight is 411 g/mol. The molecule has 5 heteroatoms. The lowest BCUT2D eigenvalue weighted by Crippen LogP contribution is -2.23. The molecule has 0 atom stereocenters. The standard InChI is InChI=1S/C17H21N3O.HI/c1-13-3-5-14(6-4-13)11-12-19-17(18)20-15-7-9-16(21-2)10-8-15;/h3-10H,11-12H2,1-2H3,(H3,18,19,20);1H. The van der Waals surface area contributed by atoms with Gasteiger partial charge in [-0.2, -0.15) is 0 Å². The van der Waals surface area contributed by atoms with E-state index in [4.69, 9.17) is 10.5 Å². The second-order valence-electron chi connectivity index (χ2n) is 4.86. The number of halogens is 1. The van der Waals surface area contributed by atoms with Gasteiger partial charge in [0.05, 0.1) is 7.11 Å². The lowest BCUT2D eigenvalue weighted by Gasteiger charge is -2.06. The third-order valence-corrected chi connectivity index (χ3v) is 3.17. The first-order chi connectivity index (χ1) is 10.2. The highest BCUT2D eigenvalue weighted by molar-refractivity contribution is 14.0. The van der Waals surface area contributed by atoms with Gasteiger partial charge in [-0.15, -0.1) is 24.0 Å². The molecular formula is C17H22IN3O. The van der Waals surface area contributed by atoms with E-state index in [1.165, 1.54) is 11.1 Å². The summed E-state index contributed by atoms with van der Waals surface area (Å²) in [7, 11) is 1.64. The Morgan fingerprint density at radius 3 is 2.32 bits per heavy atom. The van der Waals surface area contributed by atoms with E-state index >= 15 is 0 Å². The predicted octanol–water partition coefficient (Wildman–Crippen LogP) is 3.59. The van der Waals surface area contributed by atoms with E-state index in [9.17, 15) is 0 Å². The van der Waals surface area contributed by atoms with Crippen LogP contribution in [-0.4, -0.2) is 19.6 Å². The molecule has 0 unspecified atom stereocenters. The molecule has 0 heterocycles. The molecule has 0 amide bonds. The van der Waals surface area contributed by atoms with Crippen LogP contribution in [0.25, 0.3) is 0 Å². The SMILES string of the molecule is COc1ccc(NC(N)=NCCc2ccc(C)cc2)cc1.I. The number of aryl methyl sites for hydroxylation is 1. The van der Waals surface area contributed by atoms with E-state index < -0.39 is 0 Å². The summed E-state index contributed by atoms with van der Waals surface area (Å²) in [6.45, 7) is 2.75. The Kier molecular flexibility index (Phi) is 7.73. The van der Waals surface area contributed by atoms with Crippen LogP contribution in [-0.2, 0) is 6.42 Å². The Balaban J connectivity index is 0.00000242. The highest BCUT2D eigenvalue weighted by Gasteiger charge is 1.97. The summed E-state index contributed by atoms with van der Waals surface area (Å²) in [5.74, 6) is 1.24. The fraction of sp³-hybridized carbons (Fsp3) is 0.235. The molecule has 118 valence electrons. The molecule has 2 rings (SSSR count). The quantitative estimate of drug-likeness (QED) is 0.449. The molecule has 0 aliphatic carbocycles. The molecule has 2 aromatic rings. The number of rotatable bonds is 5. The zero-order valence-electron chi connectivity index (χ0n) is 12.9. The maximum absolute atomic E-state index is 5.87. The van der Waals surface area contributed by atoms with Crippen LogP contribution in [0.15, 0.2) is 53.5 Å². The topological polar surface area (TPSA) is 59.6 Å². The number of nitrogens with zero attached hydrogens (tertiary/aromatic N) is 1. The van der Waals surface area contributed by atoms with Gasteiger partial charge in [-0.3, -0.25) is 4.99 Å². The van der Waals surface area contributed by atoms with Gasteiger partial charge in [0.1, 0.15) is 5.75 Å². The van der Waals surface area contributed by atoms with Crippen molar-refractivity contribution in [2.24, 2.45) is 10.7 Å². The number of aliphatic imine (C=N–C) groups is 1. The van der Waals surface area contributed by atoms with Gasteiger partial charge in [0.2, 0.25) is 0 Å². The van der Waals surface area contributed by atoms with Gasteiger partial charge in [-0.05, 0) is 43.2 Å². The minimum atomic E-state index is 0. The summed E-state index contributed by atoms with van der Waals surface area (Å²) < 4.78 is 5.11. The van der Waals surface area contributed by atoms with Gasteiger partial charge >= 0.3 is 0 Å². The molecule has 0 aliphatic rings. The molecule has 3 N–H and O–H groups in total. The number of ether oxygens (including phenoxy) is 1. The fourth-order valence-electron chi connectivity index (χ4n) is 1.92. The highest BCUT2D eigenvalue weighted by atomic mass is 127. The number of guanidine groups is 1. The maximum atomic E-state index is 5.87. The third kappa shape index (κ3) is 5.93. The summed E-state index contributed by atoms with van der Waals surface area (Å²) in [4.78, 5) is 4.33. The zero-order valence-corrected chi connectivity index (χ0v) is 15.2. The Morgan fingerprint density at radius 2 is 1.73 bits per heavy atom. The molecule has 0 radical (unpaired) electrons. The van der Waals surface area contributed by atoms with Gasteiger partial charge in [-0.1, -0.05) is 29.8 Å². The minimum Gasteiger partial charge on any atom is -0.497 e. The van der Waals surface area contributed by atoms with Crippen molar-refractivity contribution in [2.75, 3.05) is 19.0 Å². The van der Waals surface area contributed by atoms with Crippen LogP contribution < -0.4 is 15.8 Å². The number of methoxy groups -OCH3 is 1. The Hall–Kier alpha value is -1.76. The first-order valence-corrected chi connectivity index (χ1v) is 6.94. The number of hydrogen-bond donors (Lipinski definition) is 2. The van der Waals surface area contributed by atoms with E-state index in [1.54, 1.807) is 7.11 Å². The number of anilines is 1. The van der Waals surface area contributed by atoms with Gasteiger partial charge in [-0.25, -0.2) is 0 Å². The van der Waals surface area contributed by atoms with E-state index in [1.807, 2.05) is 24.3 Å². The molecule has 0 saturated heterocycles. The molecule has 0 bridgehead atoms. The summed E-state index contributed by atoms with van der Waals surface area (Å²) >= 11 is 0. The van der Waals surface area contributed by atoms with Gasteiger partial charge in [0, 0.05) is 12.2 Å². The predicted molar refractivity (Wildman–Crippen MR) is 103 cm³/mol. The van der Waals surface area contributed by atoms with Crippen molar-refractivity contribution in [1.29, 1.82) is 0 Å². The summed E-state index contributed by atoms with van der Waals surface area (Å²) in [5, 5.41) is 3.06. The summed E-state index contributed by atoms with van der Waals surface area (Å²) in [6, 6.07) is 16.0. The van der Waals surface area contributed by atoms with Gasteiger partial charge < -0.3 is 15.8 Å². The van der Waals surface area contributed by atoms with Crippen LogP contribution in [0.5, 0.6) is 5.75 Å². The van der Waals surface area contributed by atoms with Crippen LogP contribution >= 0.6 is 24.0 Å². The van der Waals surface area contributed by atoms with Crippen molar-refractivity contribution in [3.63, 3.8) is 0 Å². The Morgan fingerprint density at radius 1 is 1.09 bits per heavy atom. The summed E-state index contributed by atoms with van der Waals surface area (Å²) in [6.07, 6.45) is 0.880. The first-order valence-electron chi connectivity index (χ1n) is 6.94. The highest BCUT2D eigenvalue weighted by Crippen LogP contribution is 2.14. The van der Waals surface area contributed by atoms with E-state index in [0.29, 0.717) is 12.5 Å². The van der Waals surface area contributed by atoms with Crippen molar-refractivity contribution in [2.45, 2.75) is 13.3 Å². The number of hydrogen-bond acceptors (Lipinski definition) is 2. The molecule has 0 aliphatic heterocycles. The van der Waals surface area contributed by atoms with Crippen molar-refractivity contribution >= 4 is 35.6 Å². The van der Waals surface area contributed by atoms with Gasteiger partial charge in [0.25, 0.3) is 0 Å². The monoisotopic (exact) mass is 411 g/mol. The van der Waals surface area contributed by atoms with Crippen LogP contribution in [0.4, 0.5) is 5.69 Å². The number of benzene rings is 2. The second-order valence-corrected chi connectivity index (χ2v) is 4.86. The van der Waals surface area contributed by atoms with Gasteiger partial charge in [0.15, 0.2) is 5.96 Å². The van der Waals surface area contributed by atoms with E-state index in [0.717, 1.165) is 17.9 Å². The summed E-state index contributed by atoms with van der Waals surface area (Å²) in [5.41, 5.74) is 9.30. The van der Waals surface area contributed by atoms with Crippen molar-refractivity contribution < 1.29 is 4.74 Å². The largest absolute Gasteiger partial charge is 0.497 e. The van der Waals surface area contributed by atoms with Crippen molar-refractivity contribution in [1.82, 2.24) is 0 Å². The Bertz CT molecular complexity index is 594. The van der Waals surface area contributed by atoms with E-state index in [-0.39, 0.29) is 24.0 Å². The van der Waals surface area contributed by atoms with E-state index in [2.05, 4.69) is 41.5 Å². The first kappa shape index (κ1) is 18.3. The number of nitrogens with two attached hydrogens (primary N) is 1. The van der Waals surface area contributed by atoms with Crippen molar-refractivity contribution in [3.05, 3.63) is 59.7 Å². The van der Waals surface area contributed by atoms with Crippen molar-refractivity contribution in [3.8, 4) is 5.75 Å². The molecule has 0 saturated carbocycles. The zero-order chi connectivity index (χ0) is 15.1. The molecular weight excluding hydrogens is 389 g/mol. The maximum Gasteiger partial charge on any atom is 0.193 e. The molecule has 0 fully saturated rings. The van der Waals surface area contributed by atoms with Crippen LogP contribution in [0, 0.1) is 6.92 Å². The van der Waals surface area contributed by atoms with Crippen LogP contribution in [0.1, 0.15) is 11.1 Å². The average Bonchev–Trinajstić information content (AvgIpc) is 2.50. The Labute approximate surface area is 148 Å². The molecule has 0 aromatic heterocycles. The molecule has 2 aromatic carbocycles. The smallest absolute Gasteiger partial charge is 0.193 e. The lowest BCUT2D eigenvalue weighted by molar-refractivity contribution is 0.415. The minimum absolute atomic E-state index is 0. The molecule has 4 nitrogen and oxygen atoms in total. The lowest BCUT2D eigenvalue weighted by atomic mass is 10.1. The second kappa shape index (κ2) is 9.30. The molecule has 0 spiro atoms. The van der Waals surface area contributed by atoms with Crippen LogP contribution in [0.3, 0.4) is 0 Å². The number of nitrogens with one attached hydrogen (secondary N) is 1. The third-order valence-electron chi connectivity index (χ3n) is 3.17.